The topological polar surface area (TPSA) is 66.5 Å². The van der Waals surface area contributed by atoms with E-state index in [0.717, 1.165) is 11.8 Å². The zero-order valence-corrected chi connectivity index (χ0v) is 17.3. The van der Waals surface area contributed by atoms with Crippen LogP contribution >= 0.6 is 11.6 Å². The highest BCUT2D eigenvalue weighted by Gasteiger charge is 2.18. The molecule has 0 radical (unpaired) electrons. The smallest absolute Gasteiger partial charge is 0.232 e. The summed E-state index contributed by atoms with van der Waals surface area (Å²) in [6.07, 6.45) is 1.79. The zero-order chi connectivity index (χ0) is 20.0. The van der Waals surface area contributed by atoms with Crippen LogP contribution in [0.5, 0.6) is 0 Å². The van der Waals surface area contributed by atoms with Crippen LogP contribution in [0, 0.1) is 6.92 Å². The molecule has 0 spiro atoms. The number of hydrogen-bond donors (Lipinski definition) is 1. The fourth-order valence-corrected chi connectivity index (χ4v) is 3.89. The molecule has 0 bridgehead atoms. The number of amides is 1. The second-order valence-electron chi connectivity index (χ2n) is 6.62. The van der Waals surface area contributed by atoms with Crippen LogP contribution in [0.1, 0.15) is 36.9 Å². The summed E-state index contributed by atoms with van der Waals surface area (Å²) >= 11 is 5.96. The lowest BCUT2D eigenvalue weighted by atomic mass is 10.1. The number of nitrogens with zero attached hydrogens (tertiary/aromatic N) is 1. The highest BCUT2D eigenvalue weighted by Crippen LogP contribution is 2.22. The van der Waals surface area contributed by atoms with E-state index < -0.39 is 10.0 Å². The van der Waals surface area contributed by atoms with E-state index in [4.69, 9.17) is 11.6 Å². The molecule has 0 aliphatic carbocycles. The minimum atomic E-state index is -3.46. The maximum absolute atomic E-state index is 12.2. The number of carbonyl (C=O) groups is 1. The van der Waals surface area contributed by atoms with Crippen LogP contribution in [-0.2, 0) is 14.8 Å². The monoisotopic (exact) mass is 408 g/mol. The van der Waals surface area contributed by atoms with Crippen molar-refractivity contribution in [3.8, 4) is 0 Å². The van der Waals surface area contributed by atoms with Crippen LogP contribution in [0.2, 0.25) is 5.02 Å². The minimum absolute atomic E-state index is 0.1000. The molecule has 146 valence electrons. The van der Waals surface area contributed by atoms with Gasteiger partial charge in [-0.15, -0.1) is 0 Å². The third kappa shape index (κ3) is 6.56. The van der Waals surface area contributed by atoms with E-state index >= 15 is 0 Å². The summed E-state index contributed by atoms with van der Waals surface area (Å²) in [4.78, 5) is 12.2. The van der Waals surface area contributed by atoms with Crippen LogP contribution in [0.15, 0.2) is 48.5 Å². The summed E-state index contributed by atoms with van der Waals surface area (Å²) in [6, 6.07) is 14.6. The Hall–Kier alpha value is -2.05. The number of rotatable bonds is 8. The molecule has 1 unspecified atom stereocenters. The zero-order valence-electron chi connectivity index (χ0n) is 15.8. The van der Waals surface area contributed by atoms with E-state index in [1.165, 1.54) is 9.87 Å². The highest BCUT2D eigenvalue weighted by molar-refractivity contribution is 7.92. The van der Waals surface area contributed by atoms with Gasteiger partial charge in [0.2, 0.25) is 15.9 Å². The Labute approximate surface area is 166 Å². The van der Waals surface area contributed by atoms with Gasteiger partial charge >= 0.3 is 0 Å². The molecule has 2 aromatic rings. The summed E-state index contributed by atoms with van der Waals surface area (Å²) in [5.41, 5.74) is 2.70. The van der Waals surface area contributed by atoms with Crippen molar-refractivity contribution in [3.05, 3.63) is 64.7 Å². The number of halogens is 1. The van der Waals surface area contributed by atoms with E-state index in [1.54, 1.807) is 24.3 Å². The molecular formula is C20H25ClN2O3S. The number of anilines is 1. The van der Waals surface area contributed by atoms with Gasteiger partial charge in [0, 0.05) is 18.0 Å². The van der Waals surface area contributed by atoms with E-state index in [1.807, 2.05) is 38.1 Å². The van der Waals surface area contributed by atoms with E-state index in [2.05, 4.69) is 5.32 Å². The summed E-state index contributed by atoms with van der Waals surface area (Å²) in [5.74, 6) is -0.109. The third-order valence-corrected chi connectivity index (χ3v) is 5.65. The number of carbonyl (C=O) groups excluding carboxylic acids is 1. The molecule has 7 heteroatoms. The molecule has 0 saturated heterocycles. The molecule has 1 N–H and O–H groups in total. The fraction of sp³-hybridized carbons (Fsp3) is 0.350. The molecule has 0 aromatic heterocycles. The Morgan fingerprint density at radius 3 is 2.44 bits per heavy atom. The van der Waals surface area contributed by atoms with Gasteiger partial charge in [-0.05, 0) is 44.0 Å². The maximum Gasteiger partial charge on any atom is 0.232 e. The van der Waals surface area contributed by atoms with Crippen molar-refractivity contribution in [2.45, 2.75) is 32.7 Å². The third-order valence-electron chi connectivity index (χ3n) is 4.22. The first kappa shape index (κ1) is 21.3. The van der Waals surface area contributed by atoms with Crippen molar-refractivity contribution in [2.24, 2.45) is 0 Å². The van der Waals surface area contributed by atoms with Crippen molar-refractivity contribution in [3.63, 3.8) is 0 Å². The van der Waals surface area contributed by atoms with Crippen LogP contribution in [0.4, 0.5) is 5.69 Å². The fourth-order valence-electron chi connectivity index (χ4n) is 2.75. The van der Waals surface area contributed by atoms with Gasteiger partial charge < -0.3 is 5.32 Å². The van der Waals surface area contributed by atoms with Crippen LogP contribution < -0.4 is 9.62 Å². The summed E-state index contributed by atoms with van der Waals surface area (Å²) < 4.78 is 25.5. The quantitative estimate of drug-likeness (QED) is 0.715. The van der Waals surface area contributed by atoms with Crippen molar-refractivity contribution in [1.82, 2.24) is 5.32 Å². The number of sulfonamides is 1. The van der Waals surface area contributed by atoms with Crippen LogP contribution in [-0.4, -0.2) is 27.1 Å². The Morgan fingerprint density at radius 2 is 1.85 bits per heavy atom. The average Bonchev–Trinajstić information content (AvgIpc) is 2.58. The lowest BCUT2D eigenvalue weighted by molar-refractivity contribution is -0.121. The minimum Gasteiger partial charge on any atom is -0.350 e. The Morgan fingerprint density at radius 1 is 1.19 bits per heavy atom. The van der Waals surface area contributed by atoms with Crippen molar-refractivity contribution < 1.29 is 13.2 Å². The first-order chi connectivity index (χ1) is 12.7. The average molecular weight is 409 g/mol. The first-order valence-electron chi connectivity index (χ1n) is 8.76. The number of benzene rings is 2. The summed E-state index contributed by atoms with van der Waals surface area (Å²) in [6.45, 7) is 4.16. The molecule has 27 heavy (non-hydrogen) atoms. The molecule has 0 fully saturated rings. The van der Waals surface area contributed by atoms with E-state index in [-0.39, 0.29) is 24.9 Å². The molecule has 0 heterocycles. The Kier molecular flexibility index (Phi) is 7.27. The lowest BCUT2D eigenvalue weighted by Gasteiger charge is -2.22. The Bertz CT molecular complexity index is 882. The summed E-state index contributed by atoms with van der Waals surface area (Å²) in [5, 5.41) is 3.41. The van der Waals surface area contributed by atoms with Gasteiger partial charge in [0.25, 0.3) is 0 Å². The molecule has 0 saturated carbocycles. The molecule has 1 atom stereocenters. The maximum atomic E-state index is 12.2. The Balaban J connectivity index is 1.92. The molecule has 2 aromatic carbocycles. The van der Waals surface area contributed by atoms with Gasteiger partial charge in [0.05, 0.1) is 18.0 Å². The van der Waals surface area contributed by atoms with Crippen LogP contribution in [0.25, 0.3) is 0 Å². The van der Waals surface area contributed by atoms with Crippen molar-refractivity contribution in [2.75, 3.05) is 17.1 Å². The number of nitrogens with one attached hydrogen (secondary N) is 1. The molecule has 2 rings (SSSR count). The van der Waals surface area contributed by atoms with Gasteiger partial charge in [0.15, 0.2) is 0 Å². The van der Waals surface area contributed by atoms with Crippen LogP contribution in [0.3, 0.4) is 0 Å². The van der Waals surface area contributed by atoms with E-state index in [0.29, 0.717) is 17.1 Å². The number of hydrogen-bond acceptors (Lipinski definition) is 3. The highest BCUT2D eigenvalue weighted by atomic mass is 35.5. The largest absolute Gasteiger partial charge is 0.350 e. The van der Waals surface area contributed by atoms with Gasteiger partial charge in [-0.3, -0.25) is 9.10 Å². The van der Waals surface area contributed by atoms with Crippen molar-refractivity contribution >= 4 is 33.2 Å². The molecule has 5 nitrogen and oxygen atoms in total. The van der Waals surface area contributed by atoms with E-state index in [9.17, 15) is 13.2 Å². The van der Waals surface area contributed by atoms with Crippen molar-refractivity contribution in [1.29, 1.82) is 0 Å². The molecule has 1 amide bonds. The predicted octanol–water partition coefficient (Wildman–Crippen LogP) is 4.07. The van der Waals surface area contributed by atoms with Gasteiger partial charge in [-0.2, -0.15) is 0 Å². The van der Waals surface area contributed by atoms with Gasteiger partial charge in [-0.1, -0.05) is 47.5 Å². The van der Waals surface area contributed by atoms with Gasteiger partial charge in [-0.25, -0.2) is 8.42 Å². The summed E-state index contributed by atoms with van der Waals surface area (Å²) in [7, 11) is -3.46. The lowest BCUT2D eigenvalue weighted by Crippen LogP contribution is -2.32. The van der Waals surface area contributed by atoms with Gasteiger partial charge in [0.1, 0.15) is 0 Å². The molecule has 0 aliphatic rings. The standard InChI is InChI=1S/C20H25ClN2O3S/c1-15-9-11-17(12-10-15)16(2)22-20(24)8-5-13-23(27(3,25)26)19-7-4-6-18(21)14-19/h4,6-7,9-12,14,16H,5,8,13H2,1-3H3,(H,22,24). The molecule has 0 aliphatic heterocycles. The normalized spacial score (nSPS) is 12.4. The first-order valence-corrected chi connectivity index (χ1v) is 11.0. The molecular weight excluding hydrogens is 384 g/mol. The SMILES string of the molecule is Cc1ccc(C(C)NC(=O)CCCN(c2cccc(Cl)c2)S(C)(=O)=O)cc1. The number of aryl methyl sites for hydroxylation is 1. The second-order valence-corrected chi connectivity index (χ2v) is 8.96. The second kappa shape index (κ2) is 9.24. The predicted molar refractivity (Wildman–Crippen MR) is 111 cm³/mol.